The molecule has 0 aromatic carbocycles. The minimum Gasteiger partial charge on any atom is -0.446 e. The normalized spacial score (nSPS) is 21.3. The SMILES string of the molecule is [C]1=C2OC=CN2CC=C1. The van der Waals surface area contributed by atoms with Gasteiger partial charge in [-0.2, -0.15) is 0 Å². The first-order valence-electron chi connectivity index (χ1n) is 2.85. The lowest BCUT2D eigenvalue weighted by Crippen LogP contribution is -2.15. The fourth-order valence-electron chi connectivity index (χ4n) is 0.861. The summed E-state index contributed by atoms with van der Waals surface area (Å²) in [4.78, 5) is 1.99. The monoisotopic (exact) mass is 120 g/mol. The molecule has 0 aromatic rings. The van der Waals surface area contributed by atoms with Crippen molar-refractivity contribution < 1.29 is 4.74 Å². The number of fused-ring (bicyclic) bond motifs is 1. The lowest BCUT2D eigenvalue weighted by molar-refractivity contribution is 0.278. The summed E-state index contributed by atoms with van der Waals surface area (Å²) in [7, 11) is 0. The van der Waals surface area contributed by atoms with Crippen molar-refractivity contribution in [3.8, 4) is 0 Å². The molecular formula is C7H6NO. The minimum atomic E-state index is 0.803. The second kappa shape index (κ2) is 1.65. The van der Waals surface area contributed by atoms with Gasteiger partial charge in [-0.25, -0.2) is 0 Å². The number of hydrogen-bond acceptors (Lipinski definition) is 2. The van der Waals surface area contributed by atoms with E-state index < -0.39 is 0 Å². The van der Waals surface area contributed by atoms with E-state index >= 15 is 0 Å². The molecule has 0 amide bonds. The van der Waals surface area contributed by atoms with Crippen LogP contribution in [0, 0.1) is 6.08 Å². The molecule has 0 aliphatic carbocycles. The van der Waals surface area contributed by atoms with E-state index in [2.05, 4.69) is 6.08 Å². The van der Waals surface area contributed by atoms with Crippen molar-refractivity contribution in [2.75, 3.05) is 6.54 Å². The average Bonchev–Trinajstić information content (AvgIpc) is 2.33. The summed E-state index contributed by atoms with van der Waals surface area (Å²) in [5, 5.41) is 0. The van der Waals surface area contributed by atoms with Crippen LogP contribution in [-0.2, 0) is 4.74 Å². The van der Waals surface area contributed by atoms with Gasteiger partial charge in [-0.1, -0.05) is 12.2 Å². The molecule has 0 N–H and O–H groups in total. The topological polar surface area (TPSA) is 12.5 Å². The second-order valence-corrected chi connectivity index (χ2v) is 1.91. The molecule has 0 bridgehead atoms. The largest absolute Gasteiger partial charge is 0.446 e. The molecule has 9 heavy (non-hydrogen) atoms. The third-order valence-electron chi connectivity index (χ3n) is 1.31. The first-order valence-corrected chi connectivity index (χ1v) is 2.85. The predicted molar refractivity (Wildman–Crippen MR) is 32.8 cm³/mol. The Kier molecular flexibility index (Phi) is 0.859. The van der Waals surface area contributed by atoms with Gasteiger partial charge in [0.2, 0.25) is 5.88 Å². The van der Waals surface area contributed by atoms with E-state index in [9.17, 15) is 0 Å². The number of nitrogens with zero attached hydrogens (tertiary/aromatic N) is 1. The number of hydrogen-bond donors (Lipinski definition) is 0. The van der Waals surface area contributed by atoms with Crippen LogP contribution in [0.2, 0.25) is 0 Å². The van der Waals surface area contributed by atoms with Crippen LogP contribution in [0.3, 0.4) is 0 Å². The maximum Gasteiger partial charge on any atom is 0.207 e. The highest BCUT2D eigenvalue weighted by Crippen LogP contribution is 2.16. The van der Waals surface area contributed by atoms with E-state index in [0.717, 1.165) is 12.4 Å². The molecule has 2 heteroatoms. The predicted octanol–water partition coefficient (Wildman–Crippen LogP) is 1.00. The molecule has 2 nitrogen and oxygen atoms in total. The van der Waals surface area contributed by atoms with Crippen molar-refractivity contribution in [3.05, 3.63) is 36.6 Å². The lowest BCUT2D eigenvalue weighted by atomic mass is 10.3. The summed E-state index contributed by atoms with van der Waals surface area (Å²) in [6.07, 6.45) is 10.4. The molecule has 0 atom stereocenters. The quantitative estimate of drug-likeness (QED) is 0.473. The van der Waals surface area contributed by atoms with E-state index in [4.69, 9.17) is 4.74 Å². The van der Waals surface area contributed by atoms with E-state index in [1.807, 2.05) is 23.3 Å². The van der Waals surface area contributed by atoms with Gasteiger partial charge < -0.3 is 9.64 Å². The van der Waals surface area contributed by atoms with Crippen molar-refractivity contribution in [1.82, 2.24) is 4.90 Å². The third kappa shape index (κ3) is 0.633. The Morgan fingerprint density at radius 3 is 3.56 bits per heavy atom. The van der Waals surface area contributed by atoms with Gasteiger partial charge in [0.15, 0.2) is 0 Å². The van der Waals surface area contributed by atoms with Crippen molar-refractivity contribution in [2.24, 2.45) is 0 Å². The molecule has 0 unspecified atom stereocenters. The van der Waals surface area contributed by atoms with E-state index in [1.54, 1.807) is 6.26 Å². The fraction of sp³-hybridized carbons (Fsp3) is 0.143. The zero-order valence-corrected chi connectivity index (χ0v) is 4.87. The second-order valence-electron chi connectivity index (χ2n) is 1.91. The van der Waals surface area contributed by atoms with Gasteiger partial charge in [0.05, 0.1) is 0 Å². The van der Waals surface area contributed by atoms with Crippen LogP contribution in [0.5, 0.6) is 0 Å². The van der Waals surface area contributed by atoms with Crippen molar-refractivity contribution in [2.45, 2.75) is 0 Å². The van der Waals surface area contributed by atoms with Crippen molar-refractivity contribution >= 4 is 0 Å². The van der Waals surface area contributed by atoms with Gasteiger partial charge in [-0.3, -0.25) is 0 Å². The highest BCUT2D eigenvalue weighted by atomic mass is 16.5. The van der Waals surface area contributed by atoms with Gasteiger partial charge >= 0.3 is 0 Å². The Hall–Kier alpha value is -1.18. The molecule has 0 aromatic heterocycles. The molecule has 2 rings (SSSR count). The number of allylic oxidation sites excluding steroid dienone is 2. The molecule has 0 spiro atoms. The van der Waals surface area contributed by atoms with Crippen molar-refractivity contribution in [3.63, 3.8) is 0 Å². The molecule has 2 aliphatic rings. The summed E-state index contributed by atoms with van der Waals surface area (Å²) in [5.74, 6) is 0.803. The zero-order chi connectivity index (χ0) is 6.10. The first-order chi connectivity index (χ1) is 4.47. The zero-order valence-electron chi connectivity index (χ0n) is 4.87. The molecule has 2 heterocycles. The Morgan fingerprint density at radius 2 is 2.67 bits per heavy atom. The van der Waals surface area contributed by atoms with Crippen LogP contribution < -0.4 is 0 Å². The van der Waals surface area contributed by atoms with Gasteiger partial charge in [-0.05, 0) is 0 Å². The maximum atomic E-state index is 5.06. The summed E-state index contributed by atoms with van der Waals surface area (Å²) in [6.45, 7) is 0.902. The number of rotatable bonds is 0. The van der Waals surface area contributed by atoms with Crippen LogP contribution in [0.1, 0.15) is 0 Å². The van der Waals surface area contributed by atoms with Gasteiger partial charge in [-0.15, -0.1) is 0 Å². The summed E-state index contributed by atoms with van der Waals surface area (Å²) in [6, 6.07) is 0. The minimum absolute atomic E-state index is 0.803. The molecule has 0 saturated carbocycles. The highest BCUT2D eigenvalue weighted by Gasteiger charge is 2.12. The maximum absolute atomic E-state index is 5.06. The summed E-state index contributed by atoms with van der Waals surface area (Å²) < 4.78 is 5.06. The highest BCUT2D eigenvalue weighted by molar-refractivity contribution is 5.14. The average molecular weight is 120 g/mol. The standard InChI is InChI=1S/C7H6NO/c1-2-4-8-5-6-9-7(8)3-1/h1-2,5-6H,4H2. The van der Waals surface area contributed by atoms with Crippen LogP contribution in [0.25, 0.3) is 0 Å². The van der Waals surface area contributed by atoms with E-state index in [0.29, 0.717) is 0 Å². The van der Waals surface area contributed by atoms with Crippen LogP contribution in [0.15, 0.2) is 30.5 Å². The first kappa shape index (κ1) is 4.68. The van der Waals surface area contributed by atoms with E-state index in [1.165, 1.54) is 0 Å². The molecule has 45 valence electrons. The molecule has 1 radical (unpaired) electrons. The van der Waals surface area contributed by atoms with Gasteiger partial charge in [0.25, 0.3) is 0 Å². The van der Waals surface area contributed by atoms with Gasteiger partial charge in [0, 0.05) is 18.8 Å². The lowest BCUT2D eigenvalue weighted by Gasteiger charge is -2.14. The van der Waals surface area contributed by atoms with Crippen LogP contribution in [-0.4, -0.2) is 11.4 Å². The molecule has 0 fully saturated rings. The Labute approximate surface area is 53.7 Å². The Bertz CT molecular complexity index is 203. The summed E-state index contributed by atoms with van der Waals surface area (Å²) >= 11 is 0. The van der Waals surface area contributed by atoms with Crippen LogP contribution >= 0.6 is 0 Å². The van der Waals surface area contributed by atoms with E-state index in [-0.39, 0.29) is 0 Å². The number of ether oxygens (including phenoxy) is 1. The van der Waals surface area contributed by atoms with Crippen LogP contribution in [0.4, 0.5) is 0 Å². The molecule has 2 aliphatic heterocycles. The third-order valence-corrected chi connectivity index (χ3v) is 1.31. The Morgan fingerprint density at radius 1 is 1.67 bits per heavy atom. The molecular weight excluding hydrogens is 114 g/mol. The van der Waals surface area contributed by atoms with Crippen molar-refractivity contribution in [1.29, 1.82) is 0 Å². The Balaban J connectivity index is 2.29. The smallest absolute Gasteiger partial charge is 0.207 e. The summed E-state index contributed by atoms with van der Waals surface area (Å²) in [5.41, 5.74) is 0. The van der Waals surface area contributed by atoms with Gasteiger partial charge in [0.1, 0.15) is 6.26 Å². The fourth-order valence-corrected chi connectivity index (χ4v) is 0.861. The molecule has 0 saturated heterocycles.